The number of nitrogens with zero attached hydrogens (tertiary/aromatic N) is 3. The fraction of sp³-hybridized carbons (Fsp3) is 0.583. The smallest absolute Gasteiger partial charge is 0.345 e. The second-order valence-electron chi connectivity index (χ2n) is 5.08. The van der Waals surface area contributed by atoms with Crippen LogP contribution in [0, 0.1) is 16.7 Å². The quantitative estimate of drug-likeness (QED) is 0.595. The molecule has 1 saturated carbocycles. The van der Waals surface area contributed by atoms with E-state index in [-0.39, 0.29) is 22.7 Å². The fourth-order valence-electron chi connectivity index (χ4n) is 2.43. The van der Waals surface area contributed by atoms with Gasteiger partial charge in [0.15, 0.2) is 0 Å². The molecule has 3 rings (SSSR count). The van der Waals surface area contributed by atoms with Crippen molar-refractivity contribution in [1.82, 2.24) is 9.97 Å². The zero-order valence-electron chi connectivity index (χ0n) is 10.5. The molecule has 0 amide bonds. The predicted octanol–water partition coefficient (Wildman–Crippen LogP) is 0.643. The summed E-state index contributed by atoms with van der Waals surface area (Å²) >= 11 is -1.29. The number of aromatic nitrogens is 2. The zero-order chi connectivity index (χ0) is 13.5. The van der Waals surface area contributed by atoms with Gasteiger partial charge in [-0.15, -0.1) is 4.98 Å². The first-order chi connectivity index (χ1) is 9.12. The number of hydrogen-bond donors (Lipinski definition) is 0. The van der Waals surface area contributed by atoms with Crippen molar-refractivity contribution in [2.45, 2.75) is 24.1 Å². The Labute approximate surface area is 113 Å². The molecule has 1 unspecified atom stereocenters. The highest BCUT2D eigenvalue weighted by Crippen LogP contribution is 2.48. The Morgan fingerprint density at radius 1 is 1.58 bits per heavy atom. The van der Waals surface area contributed by atoms with Gasteiger partial charge >= 0.3 is 5.16 Å². The summed E-state index contributed by atoms with van der Waals surface area (Å²) in [6.07, 6.45) is 4.76. The Hall–Kier alpha value is -1.36. The molecule has 100 valence electrons. The molecular formula is C12H13N3O3S. The molecular weight excluding hydrogens is 266 g/mol. The molecule has 2 aliphatic rings. The van der Waals surface area contributed by atoms with E-state index in [0.29, 0.717) is 5.41 Å². The van der Waals surface area contributed by atoms with Crippen LogP contribution in [0.2, 0.25) is 0 Å². The molecule has 1 aromatic heterocycles. The molecule has 1 aliphatic heterocycles. The third kappa shape index (κ3) is 2.27. The van der Waals surface area contributed by atoms with Crippen molar-refractivity contribution >= 4 is 11.2 Å². The van der Waals surface area contributed by atoms with Crippen LogP contribution < -0.4 is 4.74 Å². The lowest BCUT2D eigenvalue weighted by atomic mass is 9.65. The van der Waals surface area contributed by atoms with Gasteiger partial charge in [-0.05, 0) is 12.8 Å². The first-order valence-corrected chi connectivity index (χ1v) is 7.53. The number of nitriles is 1. The third-order valence-electron chi connectivity index (χ3n) is 3.53. The van der Waals surface area contributed by atoms with Crippen molar-refractivity contribution in [3.63, 3.8) is 0 Å². The molecule has 1 aliphatic carbocycles. The molecule has 2 heterocycles. The van der Waals surface area contributed by atoms with E-state index in [1.165, 1.54) is 12.5 Å². The number of hydrogen-bond acceptors (Lipinski definition) is 6. The third-order valence-corrected chi connectivity index (χ3v) is 4.24. The highest BCUT2D eigenvalue weighted by Gasteiger charge is 2.51. The predicted molar refractivity (Wildman–Crippen MR) is 66.0 cm³/mol. The Morgan fingerprint density at radius 2 is 2.32 bits per heavy atom. The van der Waals surface area contributed by atoms with E-state index in [2.05, 4.69) is 9.97 Å². The monoisotopic (exact) mass is 279 g/mol. The maximum absolute atomic E-state index is 11.4. The lowest BCUT2D eigenvalue weighted by Crippen LogP contribution is -2.56. The number of ether oxygens (including phenoxy) is 2. The molecule has 6 nitrogen and oxygen atoms in total. The van der Waals surface area contributed by atoms with Gasteiger partial charge in [-0.3, -0.25) is 0 Å². The Morgan fingerprint density at radius 3 is 2.84 bits per heavy atom. The van der Waals surface area contributed by atoms with Crippen molar-refractivity contribution in [2.24, 2.45) is 5.41 Å². The van der Waals surface area contributed by atoms with E-state index in [1.807, 2.05) is 6.07 Å². The normalized spacial score (nSPS) is 22.2. The van der Waals surface area contributed by atoms with Crippen LogP contribution in [0.1, 0.15) is 18.4 Å². The molecule has 0 radical (unpaired) electrons. The fourth-order valence-corrected chi connectivity index (χ4v) is 2.84. The zero-order valence-corrected chi connectivity index (χ0v) is 11.3. The van der Waals surface area contributed by atoms with Crippen molar-refractivity contribution in [2.75, 3.05) is 19.5 Å². The average molecular weight is 279 g/mol. The van der Waals surface area contributed by atoms with E-state index in [9.17, 15) is 4.55 Å². The highest BCUT2D eigenvalue weighted by molar-refractivity contribution is 7.90. The molecule has 1 spiro atoms. The summed E-state index contributed by atoms with van der Waals surface area (Å²) in [5, 5.41) is 9.20. The van der Waals surface area contributed by atoms with Crippen LogP contribution >= 0.6 is 0 Å². The lowest BCUT2D eigenvalue weighted by molar-refractivity contribution is -0.191. The van der Waals surface area contributed by atoms with Gasteiger partial charge in [0.2, 0.25) is 5.88 Å². The van der Waals surface area contributed by atoms with Crippen molar-refractivity contribution in [3.05, 3.63) is 11.8 Å². The molecule has 0 aromatic carbocycles. The van der Waals surface area contributed by atoms with Gasteiger partial charge in [0.1, 0.15) is 24.0 Å². The summed E-state index contributed by atoms with van der Waals surface area (Å²) in [5.74, 6) is 0.239. The van der Waals surface area contributed by atoms with Crippen molar-refractivity contribution < 1.29 is 14.0 Å². The van der Waals surface area contributed by atoms with Gasteiger partial charge in [-0.25, -0.2) is 0 Å². The van der Waals surface area contributed by atoms with Crippen LogP contribution in [-0.4, -0.2) is 40.1 Å². The van der Waals surface area contributed by atoms with Crippen LogP contribution in [0.25, 0.3) is 0 Å². The maximum Gasteiger partial charge on any atom is 0.345 e. The Bertz CT molecular complexity index is 532. The molecule has 19 heavy (non-hydrogen) atoms. The van der Waals surface area contributed by atoms with E-state index in [1.54, 1.807) is 0 Å². The SMILES string of the molecule is C[S+]([O-])c1ncc(C#N)c(OC2CC3(COC3)C2)n1. The second kappa shape index (κ2) is 4.63. The summed E-state index contributed by atoms with van der Waals surface area (Å²) < 4.78 is 22.3. The summed E-state index contributed by atoms with van der Waals surface area (Å²) in [6.45, 7) is 1.60. The maximum atomic E-state index is 11.4. The van der Waals surface area contributed by atoms with Crippen LogP contribution in [0.3, 0.4) is 0 Å². The van der Waals surface area contributed by atoms with Gasteiger partial charge in [-0.2, -0.15) is 10.2 Å². The molecule has 2 fully saturated rings. The Balaban J connectivity index is 1.72. The largest absolute Gasteiger partial charge is 0.609 e. The molecule has 1 saturated heterocycles. The van der Waals surface area contributed by atoms with Gasteiger partial charge in [0.05, 0.1) is 19.4 Å². The standard InChI is InChI=1S/C12H13N3O3S/c1-19(16)11-14-5-8(4-13)10(15-11)18-9-2-12(3-9)6-17-7-12/h5,9H,2-3,6-7H2,1H3. The van der Waals surface area contributed by atoms with Crippen LogP contribution in [-0.2, 0) is 15.9 Å². The van der Waals surface area contributed by atoms with E-state index in [0.717, 1.165) is 26.1 Å². The van der Waals surface area contributed by atoms with Gasteiger partial charge in [-0.1, -0.05) is 0 Å². The summed E-state index contributed by atoms with van der Waals surface area (Å²) in [6, 6.07) is 1.99. The van der Waals surface area contributed by atoms with Crippen LogP contribution in [0.15, 0.2) is 11.4 Å². The van der Waals surface area contributed by atoms with Crippen molar-refractivity contribution in [1.29, 1.82) is 5.26 Å². The minimum absolute atomic E-state index is 0.0593. The van der Waals surface area contributed by atoms with E-state index >= 15 is 0 Å². The van der Waals surface area contributed by atoms with Gasteiger partial charge in [0.25, 0.3) is 0 Å². The average Bonchev–Trinajstić information content (AvgIpc) is 2.30. The highest BCUT2D eigenvalue weighted by atomic mass is 32.2. The summed E-state index contributed by atoms with van der Waals surface area (Å²) in [7, 11) is 0. The van der Waals surface area contributed by atoms with E-state index < -0.39 is 11.2 Å². The second-order valence-corrected chi connectivity index (χ2v) is 6.35. The minimum Gasteiger partial charge on any atom is -0.609 e. The van der Waals surface area contributed by atoms with Crippen LogP contribution in [0.4, 0.5) is 0 Å². The van der Waals surface area contributed by atoms with Crippen molar-refractivity contribution in [3.8, 4) is 11.9 Å². The summed E-state index contributed by atoms with van der Waals surface area (Å²) in [5.41, 5.74) is 0.570. The molecule has 0 bridgehead atoms. The molecule has 1 atom stereocenters. The Kier molecular flexibility index (Phi) is 3.09. The molecule has 1 aromatic rings. The van der Waals surface area contributed by atoms with Gasteiger partial charge in [0, 0.05) is 16.6 Å². The first-order valence-electron chi connectivity index (χ1n) is 5.97. The molecule has 7 heteroatoms. The first kappa shape index (κ1) is 12.7. The minimum atomic E-state index is -1.29. The topological polar surface area (TPSA) is 91.1 Å². The van der Waals surface area contributed by atoms with Crippen LogP contribution in [0.5, 0.6) is 5.88 Å². The van der Waals surface area contributed by atoms with E-state index in [4.69, 9.17) is 14.7 Å². The number of rotatable bonds is 3. The molecule has 0 N–H and O–H groups in total. The van der Waals surface area contributed by atoms with Gasteiger partial charge < -0.3 is 14.0 Å². The lowest BCUT2D eigenvalue weighted by Gasteiger charge is -2.52. The summed E-state index contributed by atoms with van der Waals surface area (Å²) in [4.78, 5) is 7.95.